The van der Waals surface area contributed by atoms with Gasteiger partial charge in [0.1, 0.15) is 6.29 Å². The molecule has 1 N–H and O–H groups in total. The maximum absolute atomic E-state index is 12.1. The van der Waals surface area contributed by atoms with Gasteiger partial charge in [-0.15, -0.1) is 0 Å². The molecule has 0 saturated carbocycles. The predicted octanol–water partition coefficient (Wildman–Crippen LogP) is 3.36. The van der Waals surface area contributed by atoms with Gasteiger partial charge >= 0.3 is 5.97 Å². The summed E-state index contributed by atoms with van der Waals surface area (Å²) in [5, 5.41) is 2.83. The molecule has 2 rings (SSSR count). The van der Waals surface area contributed by atoms with E-state index in [9.17, 15) is 14.4 Å². The van der Waals surface area contributed by atoms with E-state index in [0.717, 1.165) is 0 Å². The van der Waals surface area contributed by atoms with E-state index in [4.69, 9.17) is 25.8 Å². The van der Waals surface area contributed by atoms with Crippen LogP contribution < -0.4 is 14.8 Å². The zero-order valence-corrected chi connectivity index (χ0v) is 15.5. The van der Waals surface area contributed by atoms with Crippen LogP contribution in [0.1, 0.15) is 27.6 Å². The first-order chi connectivity index (χ1) is 13.0. The third-order valence-electron chi connectivity index (χ3n) is 3.43. The van der Waals surface area contributed by atoms with Crippen LogP contribution in [0.3, 0.4) is 0 Å². The van der Waals surface area contributed by atoms with Crippen LogP contribution in [0, 0.1) is 0 Å². The van der Waals surface area contributed by atoms with E-state index in [-0.39, 0.29) is 23.8 Å². The minimum atomic E-state index is -0.574. The Labute approximate surface area is 161 Å². The van der Waals surface area contributed by atoms with Gasteiger partial charge in [0, 0.05) is 11.3 Å². The van der Waals surface area contributed by atoms with E-state index < -0.39 is 11.9 Å². The largest absolute Gasteiger partial charge is 0.493 e. The number of hydrogen-bond donors (Lipinski definition) is 1. The van der Waals surface area contributed by atoms with Gasteiger partial charge in [-0.3, -0.25) is 9.59 Å². The average Bonchev–Trinajstić information content (AvgIpc) is 2.67. The van der Waals surface area contributed by atoms with Gasteiger partial charge in [0.05, 0.1) is 24.3 Å². The van der Waals surface area contributed by atoms with Crippen LogP contribution in [0.4, 0.5) is 5.69 Å². The van der Waals surface area contributed by atoms with Crippen molar-refractivity contribution >= 4 is 35.5 Å². The number of amides is 1. The predicted molar refractivity (Wildman–Crippen MR) is 99.9 cm³/mol. The molecule has 2 aromatic carbocycles. The van der Waals surface area contributed by atoms with E-state index >= 15 is 0 Å². The number of nitrogens with one attached hydrogen (secondary N) is 1. The fourth-order valence-electron chi connectivity index (χ4n) is 2.19. The van der Waals surface area contributed by atoms with E-state index in [1.165, 1.54) is 31.4 Å². The molecule has 0 radical (unpaired) electrons. The number of esters is 1. The number of rotatable bonds is 8. The molecule has 0 aliphatic rings. The Hall–Kier alpha value is -3.06. The van der Waals surface area contributed by atoms with Gasteiger partial charge in [-0.2, -0.15) is 0 Å². The SMILES string of the molecule is CCOC(=O)c1cc(NC(=O)COc2ccc(C=O)cc2OC)ccc1Cl. The number of halogens is 1. The summed E-state index contributed by atoms with van der Waals surface area (Å²) in [6.07, 6.45) is 0.681. The molecule has 0 aliphatic carbocycles. The lowest BCUT2D eigenvalue weighted by atomic mass is 10.2. The highest BCUT2D eigenvalue weighted by Crippen LogP contribution is 2.27. The molecule has 0 aliphatic heterocycles. The molecule has 0 aromatic heterocycles. The molecule has 0 heterocycles. The van der Waals surface area contributed by atoms with Gasteiger partial charge < -0.3 is 19.5 Å². The normalized spacial score (nSPS) is 10.0. The first kappa shape index (κ1) is 20.3. The average molecular weight is 392 g/mol. The van der Waals surface area contributed by atoms with Gasteiger partial charge in [0.2, 0.25) is 0 Å². The number of carbonyl (C=O) groups excluding carboxylic acids is 3. The fraction of sp³-hybridized carbons (Fsp3) is 0.211. The van der Waals surface area contributed by atoms with Gasteiger partial charge in [0.15, 0.2) is 18.1 Å². The van der Waals surface area contributed by atoms with Crippen LogP contribution >= 0.6 is 11.6 Å². The molecule has 2 aromatic rings. The molecule has 0 spiro atoms. The summed E-state index contributed by atoms with van der Waals surface area (Å²) in [6.45, 7) is 1.60. The van der Waals surface area contributed by atoms with Crippen LogP contribution in [0.5, 0.6) is 11.5 Å². The summed E-state index contributed by atoms with van der Waals surface area (Å²) >= 11 is 5.99. The third-order valence-corrected chi connectivity index (χ3v) is 3.76. The smallest absolute Gasteiger partial charge is 0.339 e. The highest BCUT2D eigenvalue weighted by molar-refractivity contribution is 6.33. The van der Waals surface area contributed by atoms with Crippen molar-refractivity contribution in [3.8, 4) is 11.5 Å². The third kappa shape index (κ3) is 5.46. The van der Waals surface area contributed by atoms with Crippen molar-refractivity contribution in [2.45, 2.75) is 6.92 Å². The summed E-state index contributed by atoms with van der Waals surface area (Å²) in [7, 11) is 1.43. The van der Waals surface area contributed by atoms with Crippen LogP contribution in [-0.2, 0) is 9.53 Å². The van der Waals surface area contributed by atoms with E-state index in [1.54, 1.807) is 19.1 Å². The number of benzene rings is 2. The molecular formula is C19H18ClNO6. The second-order valence-corrected chi connectivity index (χ2v) is 5.69. The topological polar surface area (TPSA) is 90.9 Å². The Morgan fingerprint density at radius 3 is 2.59 bits per heavy atom. The molecule has 8 heteroatoms. The van der Waals surface area contributed by atoms with Crippen molar-refractivity contribution in [3.63, 3.8) is 0 Å². The summed E-state index contributed by atoms with van der Waals surface area (Å²) < 4.78 is 15.5. The van der Waals surface area contributed by atoms with Crippen molar-refractivity contribution in [2.75, 3.05) is 25.6 Å². The Bertz CT molecular complexity index is 852. The minimum Gasteiger partial charge on any atom is -0.493 e. The highest BCUT2D eigenvalue weighted by Gasteiger charge is 2.14. The molecule has 0 saturated heterocycles. The van der Waals surface area contributed by atoms with Crippen molar-refractivity contribution in [3.05, 3.63) is 52.5 Å². The molecule has 1 amide bonds. The van der Waals surface area contributed by atoms with Crippen molar-refractivity contribution < 1.29 is 28.6 Å². The first-order valence-electron chi connectivity index (χ1n) is 8.01. The van der Waals surface area contributed by atoms with E-state index in [1.807, 2.05) is 0 Å². The lowest BCUT2D eigenvalue weighted by Gasteiger charge is -2.12. The van der Waals surface area contributed by atoms with Crippen LogP contribution in [0.15, 0.2) is 36.4 Å². The highest BCUT2D eigenvalue weighted by atomic mass is 35.5. The number of aldehydes is 1. The van der Waals surface area contributed by atoms with Crippen molar-refractivity contribution in [1.82, 2.24) is 0 Å². The second-order valence-electron chi connectivity index (χ2n) is 5.28. The summed E-state index contributed by atoms with van der Waals surface area (Å²) in [5.41, 5.74) is 0.957. The fourth-order valence-corrected chi connectivity index (χ4v) is 2.38. The number of anilines is 1. The van der Waals surface area contributed by atoms with Gasteiger partial charge in [-0.1, -0.05) is 11.6 Å². The standard InChI is InChI=1S/C19H18ClNO6/c1-3-26-19(24)14-9-13(5-6-15(14)20)21-18(23)11-27-16-7-4-12(10-22)8-17(16)25-2/h4-10H,3,11H2,1-2H3,(H,21,23). The maximum atomic E-state index is 12.1. The molecule has 27 heavy (non-hydrogen) atoms. The molecule has 142 valence electrons. The van der Waals surface area contributed by atoms with E-state index in [2.05, 4.69) is 5.32 Å². The number of hydrogen-bond acceptors (Lipinski definition) is 6. The van der Waals surface area contributed by atoms with Crippen molar-refractivity contribution in [1.29, 1.82) is 0 Å². The Balaban J connectivity index is 2.03. The van der Waals surface area contributed by atoms with Crippen LogP contribution in [0.2, 0.25) is 5.02 Å². The zero-order chi connectivity index (χ0) is 19.8. The zero-order valence-electron chi connectivity index (χ0n) is 14.8. The lowest BCUT2D eigenvalue weighted by molar-refractivity contribution is -0.118. The molecule has 0 atom stereocenters. The monoisotopic (exact) mass is 391 g/mol. The van der Waals surface area contributed by atoms with Crippen molar-refractivity contribution in [2.24, 2.45) is 0 Å². The Morgan fingerprint density at radius 1 is 1.15 bits per heavy atom. The molecule has 0 bridgehead atoms. The summed E-state index contributed by atoms with van der Waals surface area (Å²) in [5.74, 6) is -0.367. The lowest BCUT2D eigenvalue weighted by Crippen LogP contribution is -2.20. The minimum absolute atomic E-state index is 0.156. The van der Waals surface area contributed by atoms with Gasteiger partial charge in [-0.25, -0.2) is 4.79 Å². The Kier molecular flexibility index (Phi) is 7.19. The molecular weight excluding hydrogens is 374 g/mol. The second kappa shape index (κ2) is 9.59. The van der Waals surface area contributed by atoms with E-state index in [0.29, 0.717) is 29.0 Å². The number of carbonyl (C=O) groups is 3. The molecule has 0 unspecified atom stereocenters. The summed E-state index contributed by atoms with van der Waals surface area (Å²) in [4.78, 5) is 34.8. The molecule has 7 nitrogen and oxygen atoms in total. The quantitative estimate of drug-likeness (QED) is 0.548. The van der Waals surface area contributed by atoms with Crippen LogP contribution in [-0.4, -0.2) is 38.5 Å². The number of ether oxygens (including phenoxy) is 3. The molecule has 0 fully saturated rings. The van der Waals surface area contributed by atoms with Crippen LogP contribution in [0.25, 0.3) is 0 Å². The Morgan fingerprint density at radius 2 is 1.93 bits per heavy atom. The number of methoxy groups -OCH3 is 1. The first-order valence-corrected chi connectivity index (χ1v) is 8.38. The van der Waals surface area contributed by atoms with Gasteiger partial charge in [-0.05, 0) is 43.3 Å². The summed E-state index contributed by atoms with van der Waals surface area (Å²) in [6, 6.07) is 9.07. The maximum Gasteiger partial charge on any atom is 0.339 e. The van der Waals surface area contributed by atoms with Gasteiger partial charge in [0.25, 0.3) is 5.91 Å².